The Morgan fingerprint density at radius 1 is 1.03 bits per heavy atom. The predicted octanol–water partition coefficient (Wildman–Crippen LogP) is 5.85. The van der Waals surface area contributed by atoms with Crippen LogP contribution in [0.25, 0.3) is 11.1 Å². The molecule has 4 rings (SSSR count). The van der Waals surface area contributed by atoms with Crippen LogP contribution in [0.15, 0.2) is 73.1 Å². The number of carbonyl (C=O) groups is 2. The van der Waals surface area contributed by atoms with E-state index in [0.717, 1.165) is 17.5 Å². The summed E-state index contributed by atoms with van der Waals surface area (Å²) in [5.41, 5.74) is 4.93. The highest BCUT2D eigenvalue weighted by Crippen LogP contribution is 2.42. The Morgan fingerprint density at radius 2 is 1.75 bits per heavy atom. The molecule has 2 atom stereocenters. The molecule has 5 nitrogen and oxygen atoms in total. The van der Waals surface area contributed by atoms with Crippen molar-refractivity contribution in [3.05, 3.63) is 89.7 Å². The number of pyridine rings is 1. The summed E-state index contributed by atoms with van der Waals surface area (Å²) >= 11 is 0. The van der Waals surface area contributed by atoms with Gasteiger partial charge in [0.2, 0.25) is 5.91 Å². The molecule has 0 unspecified atom stereocenters. The summed E-state index contributed by atoms with van der Waals surface area (Å²) in [6, 6.07) is 19.5. The maximum Gasteiger partial charge on any atom is 0.251 e. The zero-order valence-electron chi connectivity index (χ0n) is 22.0. The quantitative estimate of drug-likeness (QED) is 0.478. The number of carbonyl (C=O) groups excluding carboxylic acids is 2. The third-order valence-corrected chi connectivity index (χ3v) is 7.36. The number of hydrogen-bond donors (Lipinski definition) is 1. The fraction of sp³-hybridized carbons (Fsp3) is 0.387. The van der Waals surface area contributed by atoms with Gasteiger partial charge in [0.05, 0.1) is 0 Å². The molecule has 2 amide bonds. The number of amides is 2. The van der Waals surface area contributed by atoms with Crippen molar-refractivity contribution in [1.29, 1.82) is 0 Å². The van der Waals surface area contributed by atoms with E-state index >= 15 is 0 Å². The highest BCUT2D eigenvalue weighted by molar-refractivity contribution is 5.98. The summed E-state index contributed by atoms with van der Waals surface area (Å²) in [5.74, 6) is 0.129. The number of nitrogens with zero attached hydrogens (tertiary/aromatic N) is 2. The van der Waals surface area contributed by atoms with Crippen LogP contribution >= 0.6 is 0 Å². The normalized spacial score (nSPS) is 18.1. The second-order valence-corrected chi connectivity index (χ2v) is 11.0. The van der Waals surface area contributed by atoms with Crippen LogP contribution in [0.4, 0.5) is 0 Å². The first-order valence-corrected chi connectivity index (χ1v) is 12.8. The Morgan fingerprint density at radius 3 is 2.39 bits per heavy atom. The summed E-state index contributed by atoms with van der Waals surface area (Å²) in [4.78, 5) is 33.0. The highest BCUT2D eigenvalue weighted by Gasteiger charge is 2.40. The minimum absolute atomic E-state index is 0.00260. The standard InChI is InChI=1S/C31H37N3O2/c1-21(2)28(33-29(35)25-9-6-8-24(18-25)26-10-7-16-32-19-26)30(36)34-17-15-27(31(4,5)20-34)23-13-11-22(3)12-14-23/h6-14,16,18-19,21,27-28H,15,17,20H2,1-5H3,(H,33,35)/t27-,28-/m1/s1. The summed E-state index contributed by atoms with van der Waals surface area (Å²) in [6.07, 6.45) is 4.41. The molecular weight excluding hydrogens is 446 g/mol. The highest BCUT2D eigenvalue weighted by atomic mass is 16.2. The first-order valence-electron chi connectivity index (χ1n) is 12.8. The summed E-state index contributed by atoms with van der Waals surface area (Å²) < 4.78 is 0. The van der Waals surface area contributed by atoms with Gasteiger partial charge < -0.3 is 10.2 Å². The van der Waals surface area contributed by atoms with Crippen LogP contribution in [0, 0.1) is 18.3 Å². The molecular formula is C31H37N3O2. The van der Waals surface area contributed by atoms with Gasteiger partial charge >= 0.3 is 0 Å². The van der Waals surface area contributed by atoms with Gasteiger partial charge in [-0.2, -0.15) is 0 Å². The summed E-state index contributed by atoms with van der Waals surface area (Å²) in [5, 5.41) is 3.04. The van der Waals surface area contributed by atoms with Crippen molar-refractivity contribution in [3.63, 3.8) is 0 Å². The zero-order chi connectivity index (χ0) is 25.9. The molecule has 0 saturated carbocycles. The fourth-order valence-electron chi connectivity index (χ4n) is 5.27. The third-order valence-electron chi connectivity index (χ3n) is 7.36. The molecule has 1 saturated heterocycles. The molecule has 36 heavy (non-hydrogen) atoms. The number of benzene rings is 2. The third kappa shape index (κ3) is 5.67. The Labute approximate surface area is 215 Å². The lowest BCUT2D eigenvalue weighted by Crippen LogP contribution is -2.55. The average molecular weight is 484 g/mol. The Kier molecular flexibility index (Phi) is 7.58. The lowest BCUT2D eigenvalue weighted by atomic mass is 9.70. The van der Waals surface area contributed by atoms with Crippen molar-refractivity contribution in [2.45, 2.75) is 53.0 Å². The van der Waals surface area contributed by atoms with E-state index in [1.807, 2.05) is 49.1 Å². The number of likely N-dealkylation sites (tertiary alicyclic amines) is 1. The lowest BCUT2D eigenvalue weighted by Gasteiger charge is -2.45. The van der Waals surface area contributed by atoms with Crippen LogP contribution in [0.2, 0.25) is 0 Å². The monoisotopic (exact) mass is 483 g/mol. The molecule has 0 bridgehead atoms. The van der Waals surface area contributed by atoms with Gasteiger partial charge in [0, 0.05) is 36.6 Å². The zero-order valence-corrected chi connectivity index (χ0v) is 22.0. The van der Waals surface area contributed by atoms with Crippen LogP contribution in [0.3, 0.4) is 0 Å². The molecule has 2 heterocycles. The molecule has 0 spiro atoms. The maximum absolute atomic E-state index is 13.7. The van der Waals surface area contributed by atoms with Gasteiger partial charge in [0.1, 0.15) is 6.04 Å². The average Bonchev–Trinajstić information content (AvgIpc) is 2.87. The van der Waals surface area contributed by atoms with Crippen molar-refractivity contribution in [2.75, 3.05) is 13.1 Å². The van der Waals surface area contributed by atoms with Gasteiger partial charge in [-0.25, -0.2) is 0 Å². The number of piperidine rings is 1. The van der Waals surface area contributed by atoms with Gasteiger partial charge in [-0.1, -0.05) is 75.7 Å². The van der Waals surface area contributed by atoms with Gasteiger partial charge in [-0.3, -0.25) is 14.6 Å². The molecule has 1 aromatic heterocycles. The van der Waals surface area contributed by atoms with E-state index < -0.39 is 6.04 Å². The molecule has 0 radical (unpaired) electrons. The Balaban J connectivity index is 1.47. The first-order chi connectivity index (χ1) is 17.2. The van der Waals surface area contributed by atoms with Crippen molar-refractivity contribution in [3.8, 4) is 11.1 Å². The van der Waals surface area contributed by atoms with Gasteiger partial charge in [-0.05, 0) is 59.9 Å². The molecule has 5 heteroatoms. The predicted molar refractivity (Wildman–Crippen MR) is 145 cm³/mol. The number of aromatic nitrogens is 1. The van der Waals surface area contributed by atoms with Crippen LogP contribution in [-0.4, -0.2) is 40.8 Å². The minimum Gasteiger partial charge on any atom is -0.340 e. The van der Waals surface area contributed by atoms with Crippen LogP contribution in [0.5, 0.6) is 0 Å². The van der Waals surface area contributed by atoms with E-state index in [4.69, 9.17) is 0 Å². The number of rotatable bonds is 6. The van der Waals surface area contributed by atoms with Crippen LogP contribution in [0.1, 0.15) is 61.5 Å². The number of nitrogens with one attached hydrogen (secondary N) is 1. The van der Waals surface area contributed by atoms with Crippen molar-refractivity contribution < 1.29 is 9.59 Å². The van der Waals surface area contributed by atoms with Gasteiger partial charge in [0.25, 0.3) is 5.91 Å². The Hall–Kier alpha value is -3.47. The molecule has 2 aromatic carbocycles. The largest absolute Gasteiger partial charge is 0.340 e. The molecule has 0 aliphatic carbocycles. The SMILES string of the molecule is Cc1ccc([C@H]2CCN(C(=O)[C@H](NC(=O)c3cccc(-c4cccnc4)c3)C(C)C)CC2(C)C)cc1. The molecule has 3 aromatic rings. The number of aryl methyl sites for hydroxylation is 1. The van der Waals surface area contributed by atoms with Crippen molar-refractivity contribution in [1.82, 2.24) is 15.2 Å². The smallest absolute Gasteiger partial charge is 0.251 e. The van der Waals surface area contributed by atoms with Crippen LogP contribution in [-0.2, 0) is 4.79 Å². The van der Waals surface area contributed by atoms with Crippen molar-refractivity contribution in [2.24, 2.45) is 11.3 Å². The minimum atomic E-state index is -0.578. The molecule has 1 aliphatic rings. The number of hydrogen-bond acceptors (Lipinski definition) is 3. The van der Waals surface area contributed by atoms with E-state index in [-0.39, 0.29) is 23.1 Å². The van der Waals surface area contributed by atoms with Gasteiger partial charge in [0.15, 0.2) is 0 Å². The second kappa shape index (κ2) is 10.7. The molecule has 1 aliphatic heterocycles. The van der Waals surface area contributed by atoms with E-state index in [9.17, 15) is 9.59 Å². The molecule has 188 valence electrons. The molecule has 1 N–H and O–H groups in total. The lowest BCUT2D eigenvalue weighted by molar-refractivity contribution is -0.137. The van der Waals surface area contributed by atoms with Crippen LogP contribution < -0.4 is 5.32 Å². The fourth-order valence-corrected chi connectivity index (χ4v) is 5.27. The van der Waals surface area contributed by atoms with Crippen molar-refractivity contribution >= 4 is 11.8 Å². The van der Waals surface area contributed by atoms with E-state index in [0.29, 0.717) is 24.6 Å². The molecule has 1 fully saturated rings. The topological polar surface area (TPSA) is 62.3 Å². The summed E-state index contributed by atoms with van der Waals surface area (Å²) in [6.45, 7) is 11.9. The van der Waals surface area contributed by atoms with Gasteiger partial charge in [-0.15, -0.1) is 0 Å². The Bertz CT molecular complexity index is 1200. The van der Waals surface area contributed by atoms with E-state index in [2.05, 4.69) is 55.3 Å². The van der Waals surface area contributed by atoms with E-state index in [1.54, 1.807) is 18.5 Å². The van der Waals surface area contributed by atoms with E-state index in [1.165, 1.54) is 11.1 Å². The first kappa shape index (κ1) is 25.6. The maximum atomic E-state index is 13.7. The summed E-state index contributed by atoms with van der Waals surface area (Å²) in [7, 11) is 0. The second-order valence-electron chi connectivity index (χ2n) is 11.0.